The van der Waals surface area contributed by atoms with Crippen molar-refractivity contribution in [2.75, 3.05) is 0 Å². The summed E-state index contributed by atoms with van der Waals surface area (Å²) in [4.78, 5) is 1.39. The van der Waals surface area contributed by atoms with Crippen LogP contribution in [0, 0.1) is 20.8 Å². The van der Waals surface area contributed by atoms with Crippen LogP contribution in [0.25, 0.3) is 0 Å². The quantitative estimate of drug-likeness (QED) is 0.851. The number of rotatable bonds is 4. The summed E-state index contributed by atoms with van der Waals surface area (Å²) in [6, 6.07) is 9.28. The van der Waals surface area contributed by atoms with E-state index >= 15 is 0 Å². The molecule has 1 aromatic heterocycles. The van der Waals surface area contributed by atoms with E-state index in [1.807, 2.05) is 11.3 Å². The molecule has 2 rings (SSSR count). The van der Waals surface area contributed by atoms with Gasteiger partial charge < -0.3 is 5.32 Å². The molecule has 0 saturated heterocycles. The lowest BCUT2D eigenvalue weighted by molar-refractivity contribution is 0.576. The number of hydrogen-bond donors (Lipinski definition) is 1. The van der Waals surface area contributed by atoms with Gasteiger partial charge in [0.25, 0.3) is 0 Å². The van der Waals surface area contributed by atoms with Gasteiger partial charge in [0.1, 0.15) is 0 Å². The second-order valence-corrected chi connectivity index (χ2v) is 6.01. The van der Waals surface area contributed by atoms with E-state index in [-0.39, 0.29) is 0 Å². The Labute approximate surface area is 114 Å². The van der Waals surface area contributed by atoms with Gasteiger partial charge in [-0.15, -0.1) is 11.3 Å². The monoisotopic (exact) mass is 259 g/mol. The molecule has 0 aliphatic carbocycles. The molecule has 2 heteroatoms. The minimum absolute atomic E-state index is 0.395. The first-order chi connectivity index (χ1) is 8.58. The highest BCUT2D eigenvalue weighted by Crippen LogP contribution is 2.22. The van der Waals surface area contributed by atoms with Crippen molar-refractivity contribution in [3.8, 4) is 0 Å². The molecular weight excluding hydrogens is 238 g/mol. The predicted molar refractivity (Wildman–Crippen MR) is 80.2 cm³/mol. The zero-order chi connectivity index (χ0) is 13.1. The molecule has 2 aromatic rings. The maximum atomic E-state index is 3.60. The number of hydrogen-bond acceptors (Lipinski definition) is 2. The van der Waals surface area contributed by atoms with Crippen molar-refractivity contribution < 1.29 is 0 Å². The summed E-state index contributed by atoms with van der Waals surface area (Å²) in [5.74, 6) is 0. The molecular formula is C16H21NS. The largest absolute Gasteiger partial charge is 0.305 e. The number of thiophene rings is 1. The third-order valence-electron chi connectivity index (χ3n) is 3.51. The topological polar surface area (TPSA) is 12.0 Å². The minimum Gasteiger partial charge on any atom is -0.305 e. The lowest BCUT2D eigenvalue weighted by Crippen LogP contribution is -2.18. The Bertz CT molecular complexity index is 514. The van der Waals surface area contributed by atoms with Gasteiger partial charge in [0.05, 0.1) is 0 Å². The Morgan fingerprint density at radius 1 is 1.11 bits per heavy atom. The van der Waals surface area contributed by atoms with E-state index < -0.39 is 0 Å². The van der Waals surface area contributed by atoms with Gasteiger partial charge in [-0.25, -0.2) is 0 Å². The van der Waals surface area contributed by atoms with E-state index in [2.05, 4.69) is 62.7 Å². The van der Waals surface area contributed by atoms with Gasteiger partial charge in [0.15, 0.2) is 0 Å². The van der Waals surface area contributed by atoms with E-state index in [0.29, 0.717) is 6.04 Å². The van der Waals surface area contributed by atoms with E-state index in [0.717, 1.165) is 6.54 Å². The van der Waals surface area contributed by atoms with E-state index in [9.17, 15) is 0 Å². The van der Waals surface area contributed by atoms with Crippen LogP contribution >= 0.6 is 11.3 Å². The van der Waals surface area contributed by atoms with Crippen LogP contribution in [-0.2, 0) is 6.54 Å². The van der Waals surface area contributed by atoms with Crippen LogP contribution in [0.2, 0.25) is 0 Å². The first-order valence-electron chi connectivity index (χ1n) is 6.41. The number of aryl methyl sites for hydroxylation is 3. The van der Waals surface area contributed by atoms with Gasteiger partial charge in [0.2, 0.25) is 0 Å². The van der Waals surface area contributed by atoms with Gasteiger partial charge in [0, 0.05) is 17.5 Å². The molecule has 1 nitrogen and oxygen atoms in total. The lowest BCUT2D eigenvalue weighted by Gasteiger charge is -2.18. The maximum Gasteiger partial charge on any atom is 0.0305 e. The SMILES string of the molecule is Cc1cc(C)c(C(C)NCc2cccs2)cc1C. The second-order valence-electron chi connectivity index (χ2n) is 4.98. The molecule has 0 aliphatic rings. The summed E-state index contributed by atoms with van der Waals surface area (Å²) in [5, 5.41) is 5.73. The molecule has 18 heavy (non-hydrogen) atoms. The number of benzene rings is 1. The summed E-state index contributed by atoms with van der Waals surface area (Å²) in [6.45, 7) is 9.75. The molecule has 0 aliphatic heterocycles. The smallest absolute Gasteiger partial charge is 0.0305 e. The number of nitrogens with one attached hydrogen (secondary N) is 1. The van der Waals surface area contributed by atoms with Gasteiger partial charge in [-0.3, -0.25) is 0 Å². The summed E-state index contributed by atoms with van der Waals surface area (Å²) >= 11 is 1.81. The van der Waals surface area contributed by atoms with Crippen LogP contribution in [0.4, 0.5) is 0 Å². The fourth-order valence-electron chi connectivity index (χ4n) is 2.23. The summed E-state index contributed by atoms with van der Waals surface area (Å²) in [5.41, 5.74) is 5.54. The highest BCUT2D eigenvalue weighted by atomic mass is 32.1. The third-order valence-corrected chi connectivity index (χ3v) is 4.39. The van der Waals surface area contributed by atoms with Crippen LogP contribution in [0.15, 0.2) is 29.6 Å². The van der Waals surface area contributed by atoms with Crippen molar-refractivity contribution in [3.63, 3.8) is 0 Å². The van der Waals surface area contributed by atoms with E-state index in [4.69, 9.17) is 0 Å². The molecule has 1 atom stereocenters. The van der Waals surface area contributed by atoms with Gasteiger partial charge in [-0.05, 0) is 61.4 Å². The molecule has 1 heterocycles. The lowest BCUT2D eigenvalue weighted by atomic mass is 9.96. The fraction of sp³-hybridized carbons (Fsp3) is 0.375. The summed E-state index contributed by atoms with van der Waals surface area (Å²) in [7, 11) is 0. The highest BCUT2D eigenvalue weighted by molar-refractivity contribution is 7.09. The van der Waals surface area contributed by atoms with Gasteiger partial charge in [-0.2, -0.15) is 0 Å². The first kappa shape index (κ1) is 13.3. The van der Waals surface area contributed by atoms with Crippen LogP contribution in [0.3, 0.4) is 0 Å². The fourth-order valence-corrected chi connectivity index (χ4v) is 2.88. The Morgan fingerprint density at radius 2 is 1.83 bits per heavy atom. The molecule has 0 spiro atoms. The normalized spacial score (nSPS) is 12.7. The second kappa shape index (κ2) is 5.68. The minimum atomic E-state index is 0.395. The summed E-state index contributed by atoms with van der Waals surface area (Å²) < 4.78 is 0. The molecule has 0 fully saturated rings. The van der Waals surface area contributed by atoms with Crippen molar-refractivity contribution >= 4 is 11.3 Å². The van der Waals surface area contributed by atoms with Crippen molar-refractivity contribution in [2.45, 2.75) is 40.3 Å². The van der Waals surface area contributed by atoms with Gasteiger partial charge >= 0.3 is 0 Å². The van der Waals surface area contributed by atoms with Crippen LogP contribution in [0.1, 0.15) is 40.1 Å². The van der Waals surface area contributed by atoms with E-state index in [1.54, 1.807) is 0 Å². The molecule has 0 radical (unpaired) electrons. The van der Waals surface area contributed by atoms with Crippen molar-refractivity contribution in [3.05, 3.63) is 56.8 Å². The Balaban J connectivity index is 2.09. The zero-order valence-electron chi connectivity index (χ0n) is 11.6. The zero-order valence-corrected chi connectivity index (χ0v) is 12.4. The average Bonchev–Trinajstić information content (AvgIpc) is 2.84. The first-order valence-corrected chi connectivity index (χ1v) is 7.29. The van der Waals surface area contributed by atoms with Crippen LogP contribution in [-0.4, -0.2) is 0 Å². The van der Waals surface area contributed by atoms with Crippen molar-refractivity contribution in [1.29, 1.82) is 0 Å². The Hall–Kier alpha value is -1.12. The van der Waals surface area contributed by atoms with Gasteiger partial charge in [-0.1, -0.05) is 18.2 Å². The molecule has 1 aromatic carbocycles. The Kier molecular flexibility index (Phi) is 4.20. The maximum absolute atomic E-state index is 3.60. The molecule has 0 amide bonds. The molecule has 0 bridgehead atoms. The summed E-state index contributed by atoms with van der Waals surface area (Å²) in [6.07, 6.45) is 0. The molecule has 1 unspecified atom stereocenters. The average molecular weight is 259 g/mol. The Morgan fingerprint density at radius 3 is 2.50 bits per heavy atom. The predicted octanol–water partition coefficient (Wildman–Crippen LogP) is 4.52. The van der Waals surface area contributed by atoms with Crippen LogP contribution in [0.5, 0.6) is 0 Å². The van der Waals surface area contributed by atoms with E-state index in [1.165, 1.54) is 27.1 Å². The third kappa shape index (κ3) is 3.01. The van der Waals surface area contributed by atoms with Crippen molar-refractivity contribution in [2.24, 2.45) is 0 Å². The molecule has 0 saturated carbocycles. The highest BCUT2D eigenvalue weighted by Gasteiger charge is 2.09. The molecule has 1 N–H and O–H groups in total. The molecule has 96 valence electrons. The van der Waals surface area contributed by atoms with Crippen molar-refractivity contribution in [1.82, 2.24) is 5.32 Å². The van der Waals surface area contributed by atoms with Crippen LogP contribution < -0.4 is 5.32 Å². The standard InChI is InChI=1S/C16H21NS/c1-11-8-13(3)16(9-12(11)2)14(4)17-10-15-6-5-7-18-15/h5-9,14,17H,10H2,1-4H3.